The first-order valence-electron chi connectivity index (χ1n) is 6.59. The van der Waals surface area contributed by atoms with Gasteiger partial charge < -0.3 is 10.5 Å². The second kappa shape index (κ2) is 6.38. The van der Waals surface area contributed by atoms with Crippen molar-refractivity contribution < 1.29 is 4.74 Å². The summed E-state index contributed by atoms with van der Waals surface area (Å²) in [6.07, 6.45) is 3.56. The molecule has 0 fully saturated rings. The summed E-state index contributed by atoms with van der Waals surface area (Å²) in [6.45, 7) is 2.67. The lowest BCUT2D eigenvalue weighted by atomic mass is 10.1. The number of nitrogens with two attached hydrogens (primary N) is 1. The summed E-state index contributed by atoms with van der Waals surface area (Å²) in [6, 6.07) is 10.3. The van der Waals surface area contributed by atoms with Crippen LogP contribution in [0.2, 0.25) is 0 Å². The van der Waals surface area contributed by atoms with E-state index in [9.17, 15) is 0 Å². The predicted octanol–water partition coefficient (Wildman–Crippen LogP) is 1.93. The van der Waals surface area contributed by atoms with Crippen LogP contribution < -0.4 is 10.5 Å². The quantitative estimate of drug-likeness (QED) is 0.862. The van der Waals surface area contributed by atoms with E-state index >= 15 is 0 Å². The molecule has 4 nitrogen and oxygen atoms in total. The highest BCUT2D eigenvalue weighted by atomic mass is 16.5. The number of hydrogen-bond acceptors (Lipinski definition) is 3. The lowest BCUT2D eigenvalue weighted by molar-refractivity contribution is 0.318. The standard InChI is InChI=1S/C15H21N3O/c1-12(16)11-13-3-5-15(6-4-13)19-10-8-14-7-9-17-18(14)2/h3-7,9,12H,8,10-11,16H2,1-2H3. The Hall–Kier alpha value is -1.81. The molecule has 2 aromatic rings. The fraction of sp³-hybridized carbons (Fsp3) is 0.400. The smallest absolute Gasteiger partial charge is 0.119 e. The molecule has 0 aliphatic heterocycles. The zero-order valence-electron chi connectivity index (χ0n) is 11.5. The molecule has 1 heterocycles. The molecule has 0 saturated carbocycles. The van der Waals surface area contributed by atoms with E-state index in [2.05, 4.69) is 17.2 Å². The molecule has 1 atom stereocenters. The number of nitrogens with zero attached hydrogens (tertiary/aromatic N) is 2. The second-order valence-corrected chi connectivity index (χ2v) is 4.87. The molecule has 0 spiro atoms. The van der Waals surface area contributed by atoms with Gasteiger partial charge in [0.05, 0.1) is 6.61 Å². The van der Waals surface area contributed by atoms with Crippen LogP contribution in [0.1, 0.15) is 18.2 Å². The molecule has 102 valence electrons. The van der Waals surface area contributed by atoms with Crippen molar-refractivity contribution in [1.29, 1.82) is 0 Å². The van der Waals surface area contributed by atoms with Gasteiger partial charge in [0, 0.05) is 31.4 Å². The minimum atomic E-state index is 0.191. The molecule has 2 rings (SSSR count). The van der Waals surface area contributed by atoms with E-state index in [0.29, 0.717) is 6.61 Å². The van der Waals surface area contributed by atoms with Gasteiger partial charge in [-0.05, 0) is 37.1 Å². The topological polar surface area (TPSA) is 53.1 Å². The summed E-state index contributed by atoms with van der Waals surface area (Å²) in [5, 5.41) is 4.13. The van der Waals surface area contributed by atoms with E-state index in [1.54, 1.807) is 6.20 Å². The van der Waals surface area contributed by atoms with Crippen LogP contribution in [0, 0.1) is 0 Å². The average Bonchev–Trinajstić information content (AvgIpc) is 2.77. The lowest BCUT2D eigenvalue weighted by Crippen LogP contribution is -2.17. The Morgan fingerprint density at radius 3 is 2.58 bits per heavy atom. The fourth-order valence-electron chi connectivity index (χ4n) is 2.01. The number of benzene rings is 1. The van der Waals surface area contributed by atoms with Gasteiger partial charge in [-0.25, -0.2) is 0 Å². The minimum absolute atomic E-state index is 0.191. The van der Waals surface area contributed by atoms with Crippen LogP contribution >= 0.6 is 0 Å². The summed E-state index contributed by atoms with van der Waals surface area (Å²) < 4.78 is 7.59. The third-order valence-electron chi connectivity index (χ3n) is 3.03. The van der Waals surface area contributed by atoms with Gasteiger partial charge in [-0.2, -0.15) is 5.10 Å². The molecule has 1 unspecified atom stereocenters. The Bertz CT molecular complexity index is 502. The van der Waals surface area contributed by atoms with Gasteiger partial charge in [-0.3, -0.25) is 4.68 Å². The van der Waals surface area contributed by atoms with E-state index in [0.717, 1.165) is 18.6 Å². The van der Waals surface area contributed by atoms with Gasteiger partial charge in [-0.15, -0.1) is 0 Å². The summed E-state index contributed by atoms with van der Waals surface area (Å²) in [4.78, 5) is 0. The summed E-state index contributed by atoms with van der Waals surface area (Å²) in [5.41, 5.74) is 8.19. The molecular weight excluding hydrogens is 238 g/mol. The van der Waals surface area contributed by atoms with Crippen molar-refractivity contribution in [2.75, 3.05) is 6.61 Å². The molecule has 0 aliphatic rings. The molecule has 1 aromatic carbocycles. The monoisotopic (exact) mass is 259 g/mol. The lowest BCUT2D eigenvalue weighted by Gasteiger charge is -2.08. The number of aryl methyl sites for hydroxylation is 1. The SMILES string of the molecule is CC(N)Cc1ccc(OCCc2ccnn2C)cc1. The highest BCUT2D eigenvalue weighted by molar-refractivity contribution is 5.27. The van der Waals surface area contributed by atoms with E-state index in [1.165, 1.54) is 11.3 Å². The first kappa shape index (κ1) is 13.6. The molecule has 0 saturated heterocycles. The van der Waals surface area contributed by atoms with E-state index < -0.39 is 0 Å². The van der Waals surface area contributed by atoms with Crippen LogP contribution in [-0.4, -0.2) is 22.4 Å². The maximum Gasteiger partial charge on any atom is 0.119 e. The van der Waals surface area contributed by atoms with Gasteiger partial charge in [-0.1, -0.05) is 12.1 Å². The van der Waals surface area contributed by atoms with Crippen LogP contribution in [-0.2, 0) is 19.9 Å². The molecule has 19 heavy (non-hydrogen) atoms. The van der Waals surface area contributed by atoms with Crippen LogP contribution in [0.25, 0.3) is 0 Å². The minimum Gasteiger partial charge on any atom is -0.493 e. The average molecular weight is 259 g/mol. The van der Waals surface area contributed by atoms with Crippen LogP contribution in [0.3, 0.4) is 0 Å². The molecule has 0 bridgehead atoms. The van der Waals surface area contributed by atoms with Gasteiger partial charge in [0.25, 0.3) is 0 Å². The Labute approximate surface area is 114 Å². The van der Waals surface area contributed by atoms with Crippen LogP contribution in [0.5, 0.6) is 5.75 Å². The third-order valence-corrected chi connectivity index (χ3v) is 3.03. The van der Waals surface area contributed by atoms with Crippen molar-refractivity contribution in [2.24, 2.45) is 12.8 Å². The molecule has 0 aliphatic carbocycles. The highest BCUT2D eigenvalue weighted by Crippen LogP contribution is 2.13. The fourth-order valence-corrected chi connectivity index (χ4v) is 2.01. The molecule has 0 amide bonds. The van der Waals surface area contributed by atoms with Crippen molar-refractivity contribution in [2.45, 2.75) is 25.8 Å². The molecule has 1 aromatic heterocycles. The first-order valence-corrected chi connectivity index (χ1v) is 6.59. The number of rotatable bonds is 6. The molecular formula is C15H21N3O. The van der Waals surface area contributed by atoms with Gasteiger partial charge in [0.15, 0.2) is 0 Å². The zero-order chi connectivity index (χ0) is 13.7. The number of hydrogen-bond donors (Lipinski definition) is 1. The van der Waals surface area contributed by atoms with Crippen LogP contribution in [0.4, 0.5) is 0 Å². The van der Waals surface area contributed by atoms with Gasteiger partial charge in [0.1, 0.15) is 5.75 Å². The van der Waals surface area contributed by atoms with Gasteiger partial charge in [0.2, 0.25) is 0 Å². The maximum absolute atomic E-state index is 5.77. The van der Waals surface area contributed by atoms with E-state index in [-0.39, 0.29) is 6.04 Å². The van der Waals surface area contributed by atoms with Crippen molar-refractivity contribution in [3.05, 3.63) is 47.8 Å². The largest absolute Gasteiger partial charge is 0.493 e. The predicted molar refractivity (Wildman–Crippen MR) is 76.2 cm³/mol. The molecule has 0 radical (unpaired) electrons. The normalized spacial score (nSPS) is 12.4. The Morgan fingerprint density at radius 1 is 1.26 bits per heavy atom. The second-order valence-electron chi connectivity index (χ2n) is 4.87. The van der Waals surface area contributed by atoms with E-state index in [1.807, 2.05) is 36.9 Å². The Kier molecular flexibility index (Phi) is 4.58. The van der Waals surface area contributed by atoms with Crippen molar-refractivity contribution >= 4 is 0 Å². The summed E-state index contributed by atoms with van der Waals surface area (Å²) >= 11 is 0. The summed E-state index contributed by atoms with van der Waals surface area (Å²) in [5.74, 6) is 0.899. The first-order chi connectivity index (χ1) is 9.15. The maximum atomic E-state index is 5.77. The van der Waals surface area contributed by atoms with Crippen molar-refractivity contribution in [3.63, 3.8) is 0 Å². The molecule has 4 heteroatoms. The molecule has 2 N–H and O–H groups in total. The zero-order valence-corrected chi connectivity index (χ0v) is 11.5. The Morgan fingerprint density at radius 2 is 2.00 bits per heavy atom. The number of ether oxygens (including phenoxy) is 1. The van der Waals surface area contributed by atoms with Crippen molar-refractivity contribution in [3.8, 4) is 5.75 Å². The van der Waals surface area contributed by atoms with Crippen LogP contribution in [0.15, 0.2) is 36.5 Å². The third kappa shape index (κ3) is 4.10. The Balaban J connectivity index is 1.81. The van der Waals surface area contributed by atoms with Gasteiger partial charge >= 0.3 is 0 Å². The summed E-state index contributed by atoms with van der Waals surface area (Å²) in [7, 11) is 1.94. The highest BCUT2D eigenvalue weighted by Gasteiger charge is 2.01. The number of aromatic nitrogens is 2. The van der Waals surface area contributed by atoms with E-state index in [4.69, 9.17) is 10.5 Å². The van der Waals surface area contributed by atoms with Crippen molar-refractivity contribution in [1.82, 2.24) is 9.78 Å².